The number of piperazine rings is 1. The van der Waals surface area contributed by atoms with E-state index in [1.54, 1.807) is 11.0 Å². The summed E-state index contributed by atoms with van der Waals surface area (Å²) in [5, 5.41) is 5.36. The Morgan fingerprint density at radius 2 is 1.87 bits per heavy atom. The summed E-state index contributed by atoms with van der Waals surface area (Å²) in [6.45, 7) is 2.95. The molecule has 0 aliphatic carbocycles. The Morgan fingerprint density at radius 3 is 2.70 bits per heavy atom. The van der Waals surface area contributed by atoms with Crippen LogP contribution in [0.3, 0.4) is 0 Å². The van der Waals surface area contributed by atoms with Gasteiger partial charge in [0.25, 0.3) is 0 Å². The zero-order valence-electron chi connectivity index (χ0n) is 13.4. The molecule has 0 spiro atoms. The van der Waals surface area contributed by atoms with E-state index in [0.717, 1.165) is 36.5 Å². The Bertz CT molecular complexity index is 812. The summed E-state index contributed by atoms with van der Waals surface area (Å²) in [5.74, 6) is 0.977. The molecular weight excluding hydrogens is 288 g/mol. The van der Waals surface area contributed by atoms with E-state index in [2.05, 4.69) is 62.2 Å². The SMILES string of the molecule is CN1CCN(c2ncnc3c2cnn3C)[C@H](c2ccccc2)C1. The van der Waals surface area contributed by atoms with Crippen molar-refractivity contribution in [1.82, 2.24) is 24.6 Å². The molecule has 0 N–H and O–H groups in total. The Balaban J connectivity index is 1.81. The van der Waals surface area contributed by atoms with Crippen molar-refractivity contribution in [3.8, 4) is 0 Å². The van der Waals surface area contributed by atoms with Crippen molar-refractivity contribution in [3.05, 3.63) is 48.4 Å². The van der Waals surface area contributed by atoms with Gasteiger partial charge >= 0.3 is 0 Å². The van der Waals surface area contributed by atoms with Crippen LogP contribution in [0.5, 0.6) is 0 Å². The summed E-state index contributed by atoms with van der Waals surface area (Å²) in [7, 11) is 4.09. The van der Waals surface area contributed by atoms with Gasteiger partial charge in [-0.3, -0.25) is 4.68 Å². The monoisotopic (exact) mass is 308 g/mol. The topological polar surface area (TPSA) is 50.1 Å². The molecule has 6 nitrogen and oxygen atoms in total. The summed E-state index contributed by atoms with van der Waals surface area (Å²) in [5.41, 5.74) is 2.19. The van der Waals surface area contributed by atoms with Crippen molar-refractivity contribution in [3.63, 3.8) is 0 Å². The number of nitrogens with zero attached hydrogens (tertiary/aromatic N) is 6. The smallest absolute Gasteiger partial charge is 0.163 e. The molecule has 1 aliphatic heterocycles. The highest BCUT2D eigenvalue weighted by Gasteiger charge is 2.29. The Hall–Kier alpha value is -2.47. The zero-order chi connectivity index (χ0) is 15.8. The summed E-state index contributed by atoms with van der Waals surface area (Å²) < 4.78 is 1.80. The summed E-state index contributed by atoms with van der Waals surface area (Å²) >= 11 is 0. The summed E-state index contributed by atoms with van der Waals surface area (Å²) in [4.78, 5) is 13.7. The number of fused-ring (bicyclic) bond motifs is 1. The van der Waals surface area contributed by atoms with Gasteiger partial charge in [0.2, 0.25) is 0 Å². The lowest BCUT2D eigenvalue weighted by atomic mass is 10.0. The van der Waals surface area contributed by atoms with E-state index in [4.69, 9.17) is 0 Å². The van der Waals surface area contributed by atoms with Gasteiger partial charge in [0.05, 0.1) is 17.6 Å². The molecule has 0 radical (unpaired) electrons. The van der Waals surface area contributed by atoms with Crippen LogP contribution in [-0.2, 0) is 7.05 Å². The molecule has 0 unspecified atom stereocenters. The minimum Gasteiger partial charge on any atom is -0.346 e. The molecule has 0 saturated carbocycles. The third-order valence-corrected chi connectivity index (χ3v) is 4.55. The average Bonchev–Trinajstić information content (AvgIpc) is 2.97. The van der Waals surface area contributed by atoms with Gasteiger partial charge in [-0.05, 0) is 12.6 Å². The molecule has 3 heterocycles. The fraction of sp³-hybridized carbons (Fsp3) is 0.353. The van der Waals surface area contributed by atoms with Gasteiger partial charge in [0.1, 0.15) is 12.1 Å². The minimum atomic E-state index is 0.285. The fourth-order valence-electron chi connectivity index (χ4n) is 3.31. The predicted octanol–water partition coefficient (Wildman–Crippen LogP) is 1.86. The number of hydrogen-bond donors (Lipinski definition) is 0. The number of aryl methyl sites for hydroxylation is 1. The number of likely N-dealkylation sites (N-methyl/N-ethyl adjacent to an activating group) is 1. The molecule has 23 heavy (non-hydrogen) atoms. The molecule has 1 atom stereocenters. The van der Waals surface area contributed by atoms with Crippen LogP contribution in [0, 0.1) is 0 Å². The second-order valence-electron chi connectivity index (χ2n) is 6.08. The van der Waals surface area contributed by atoms with Gasteiger partial charge in [0.15, 0.2) is 5.65 Å². The van der Waals surface area contributed by atoms with Crippen LogP contribution in [-0.4, -0.2) is 51.3 Å². The maximum absolute atomic E-state index is 4.59. The standard InChI is InChI=1S/C17H20N6/c1-21-8-9-23(15(11-21)13-6-4-3-5-7-13)17-14-10-20-22(2)16(14)18-12-19-17/h3-7,10,12,15H,8-9,11H2,1-2H3/t15-/m0/s1. The van der Waals surface area contributed by atoms with Crippen LogP contribution in [0.15, 0.2) is 42.9 Å². The third kappa shape index (κ3) is 2.45. The zero-order valence-corrected chi connectivity index (χ0v) is 13.4. The maximum Gasteiger partial charge on any atom is 0.163 e. The average molecular weight is 308 g/mol. The fourth-order valence-corrected chi connectivity index (χ4v) is 3.31. The first kappa shape index (κ1) is 14.1. The predicted molar refractivity (Wildman–Crippen MR) is 90.3 cm³/mol. The second kappa shape index (κ2) is 5.62. The van der Waals surface area contributed by atoms with Crippen LogP contribution in [0.25, 0.3) is 11.0 Å². The first-order chi connectivity index (χ1) is 11.2. The highest BCUT2D eigenvalue weighted by atomic mass is 15.3. The molecule has 1 aromatic carbocycles. The van der Waals surface area contributed by atoms with Crippen LogP contribution in [0.1, 0.15) is 11.6 Å². The summed E-state index contributed by atoms with van der Waals surface area (Å²) in [6.07, 6.45) is 3.50. The lowest BCUT2D eigenvalue weighted by Gasteiger charge is -2.41. The quantitative estimate of drug-likeness (QED) is 0.723. The van der Waals surface area contributed by atoms with E-state index in [9.17, 15) is 0 Å². The van der Waals surface area contributed by atoms with Gasteiger partial charge < -0.3 is 9.80 Å². The molecule has 1 fully saturated rings. The number of aromatic nitrogens is 4. The normalized spacial score (nSPS) is 19.4. The Morgan fingerprint density at radius 1 is 1.04 bits per heavy atom. The molecule has 3 aromatic rings. The first-order valence-electron chi connectivity index (χ1n) is 7.87. The van der Waals surface area contributed by atoms with Crippen molar-refractivity contribution in [1.29, 1.82) is 0 Å². The minimum absolute atomic E-state index is 0.285. The number of anilines is 1. The van der Waals surface area contributed by atoms with Crippen molar-refractivity contribution in [2.45, 2.75) is 6.04 Å². The molecule has 1 aliphatic rings. The number of hydrogen-bond acceptors (Lipinski definition) is 5. The van der Waals surface area contributed by atoms with Crippen molar-refractivity contribution in [2.75, 3.05) is 31.6 Å². The second-order valence-corrected chi connectivity index (χ2v) is 6.08. The van der Waals surface area contributed by atoms with Crippen LogP contribution < -0.4 is 4.90 Å². The van der Waals surface area contributed by atoms with Gasteiger partial charge in [-0.25, -0.2) is 9.97 Å². The Kier molecular flexibility index (Phi) is 3.46. The van der Waals surface area contributed by atoms with Crippen molar-refractivity contribution >= 4 is 16.9 Å². The maximum atomic E-state index is 4.59. The van der Waals surface area contributed by atoms with Crippen LogP contribution >= 0.6 is 0 Å². The van der Waals surface area contributed by atoms with Crippen molar-refractivity contribution < 1.29 is 0 Å². The van der Waals surface area contributed by atoms with E-state index in [0.29, 0.717) is 0 Å². The molecule has 1 saturated heterocycles. The van der Waals surface area contributed by atoms with E-state index < -0.39 is 0 Å². The molecule has 4 rings (SSSR count). The van der Waals surface area contributed by atoms with Crippen LogP contribution in [0.2, 0.25) is 0 Å². The van der Waals surface area contributed by atoms with E-state index >= 15 is 0 Å². The molecule has 6 heteroatoms. The highest BCUT2D eigenvalue weighted by Crippen LogP contribution is 2.32. The molecule has 0 amide bonds. The lowest BCUT2D eigenvalue weighted by Crippen LogP contribution is -2.47. The molecular formula is C17H20N6. The molecule has 2 aromatic heterocycles. The van der Waals surface area contributed by atoms with Gasteiger partial charge in [-0.2, -0.15) is 5.10 Å². The summed E-state index contributed by atoms with van der Waals surface area (Å²) in [6, 6.07) is 10.9. The first-order valence-corrected chi connectivity index (χ1v) is 7.87. The van der Waals surface area contributed by atoms with Gasteiger partial charge in [-0.15, -0.1) is 0 Å². The van der Waals surface area contributed by atoms with Gasteiger partial charge in [-0.1, -0.05) is 30.3 Å². The molecule has 0 bridgehead atoms. The van der Waals surface area contributed by atoms with E-state index in [1.165, 1.54) is 5.56 Å². The Labute approximate surface area is 135 Å². The largest absolute Gasteiger partial charge is 0.346 e. The number of benzene rings is 1. The van der Waals surface area contributed by atoms with Crippen LogP contribution in [0.4, 0.5) is 5.82 Å². The van der Waals surface area contributed by atoms with Gasteiger partial charge in [0, 0.05) is 26.7 Å². The van der Waals surface area contributed by atoms with E-state index in [1.807, 2.05) is 13.2 Å². The van der Waals surface area contributed by atoms with E-state index in [-0.39, 0.29) is 6.04 Å². The number of rotatable bonds is 2. The van der Waals surface area contributed by atoms with Crippen molar-refractivity contribution in [2.24, 2.45) is 7.05 Å². The molecule has 118 valence electrons. The highest BCUT2D eigenvalue weighted by molar-refractivity contribution is 5.86. The lowest BCUT2D eigenvalue weighted by molar-refractivity contribution is 0.268. The third-order valence-electron chi connectivity index (χ3n) is 4.55.